The molecule has 0 aliphatic rings. The Kier molecular flexibility index (Phi) is 6.72. The van der Waals surface area contributed by atoms with Crippen LogP contribution in [0.25, 0.3) is 5.76 Å². The lowest BCUT2D eigenvalue weighted by atomic mass is 9.84. The van der Waals surface area contributed by atoms with Crippen LogP contribution in [0.15, 0.2) is 29.8 Å². The van der Waals surface area contributed by atoms with E-state index in [1.807, 2.05) is 6.07 Å². The third-order valence-corrected chi connectivity index (χ3v) is 3.17. The van der Waals surface area contributed by atoms with Crippen molar-refractivity contribution in [3.63, 3.8) is 0 Å². The molecule has 0 amide bonds. The molecule has 0 aliphatic heterocycles. The molecule has 0 saturated carbocycles. The van der Waals surface area contributed by atoms with E-state index in [0.29, 0.717) is 19.8 Å². The zero-order chi connectivity index (χ0) is 15.9. The molecule has 0 heterocycles. The van der Waals surface area contributed by atoms with Crippen LogP contribution in [-0.4, -0.2) is 39.1 Å². The van der Waals surface area contributed by atoms with E-state index < -0.39 is 0 Å². The van der Waals surface area contributed by atoms with E-state index in [1.165, 1.54) is 0 Å². The van der Waals surface area contributed by atoms with Gasteiger partial charge >= 0.3 is 0 Å². The molecule has 21 heavy (non-hydrogen) atoms. The van der Waals surface area contributed by atoms with Gasteiger partial charge in [-0.1, -0.05) is 32.9 Å². The zero-order valence-electron chi connectivity index (χ0n) is 13.6. The van der Waals surface area contributed by atoms with Crippen molar-refractivity contribution in [1.29, 1.82) is 0 Å². The summed E-state index contributed by atoms with van der Waals surface area (Å²) in [7, 11) is 3.29. The van der Waals surface area contributed by atoms with Crippen molar-refractivity contribution in [2.75, 3.05) is 34.0 Å². The fourth-order valence-corrected chi connectivity index (χ4v) is 2.00. The minimum Gasteiger partial charge on any atom is -0.508 e. The van der Waals surface area contributed by atoms with Gasteiger partial charge in [-0.25, -0.2) is 0 Å². The van der Waals surface area contributed by atoms with Gasteiger partial charge in [-0.2, -0.15) is 0 Å². The molecule has 1 N–H and O–H groups in total. The fraction of sp³-hybridized carbons (Fsp3) is 0.529. The molecule has 0 aliphatic carbocycles. The zero-order valence-corrected chi connectivity index (χ0v) is 13.6. The van der Waals surface area contributed by atoms with Crippen LogP contribution in [0.2, 0.25) is 0 Å². The lowest BCUT2D eigenvalue weighted by Gasteiger charge is -2.26. The van der Waals surface area contributed by atoms with Gasteiger partial charge in [0, 0.05) is 18.2 Å². The highest BCUT2D eigenvalue weighted by Crippen LogP contribution is 2.34. The number of ether oxygens (including phenoxy) is 3. The minimum atomic E-state index is -0.107. The van der Waals surface area contributed by atoms with Crippen molar-refractivity contribution in [2.24, 2.45) is 5.41 Å². The number of benzene rings is 1. The first-order valence-electron chi connectivity index (χ1n) is 7.04. The lowest BCUT2D eigenvalue weighted by molar-refractivity contribution is 0.0764. The first kappa shape index (κ1) is 17.5. The summed E-state index contributed by atoms with van der Waals surface area (Å²) in [5.74, 6) is 0.964. The molecule has 0 bridgehead atoms. The van der Waals surface area contributed by atoms with Crippen molar-refractivity contribution >= 4 is 5.76 Å². The number of hydrogen-bond acceptors (Lipinski definition) is 4. The van der Waals surface area contributed by atoms with Crippen LogP contribution in [0.3, 0.4) is 0 Å². The van der Waals surface area contributed by atoms with Gasteiger partial charge in [0.25, 0.3) is 0 Å². The van der Waals surface area contributed by atoms with Crippen LogP contribution in [0, 0.1) is 5.41 Å². The van der Waals surface area contributed by atoms with Crippen molar-refractivity contribution in [3.05, 3.63) is 35.4 Å². The number of rotatable bonds is 7. The number of phenolic OH excluding ortho intramolecular Hbond substituents is 1. The number of aromatic hydroxyl groups is 1. The Morgan fingerprint density at radius 2 is 1.86 bits per heavy atom. The average Bonchev–Trinajstić information content (AvgIpc) is 2.41. The molecule has 4 heteroatoms. The summed E-state index contributed by atoms with van der Waals surface area (Å²) in [5, 5.41) is 9.66. The van der Waals surface area contributed by atoms with Crippen LogP contribution in [0.1, 0.15) is 26.3 Å². The molecular weight excluding hydrogens is 268 g/mol. The highest BCUT2D eigenvalue weighted by Gasteiger charge is 2.23. The summed E-state index contributed by atoms with van der Waals surface area (Å²) in [5.41, 5.74) is 1.79. The first-order chi connectivity index (χ1) is 9.90. The highest BCUT2D eigenvalue weighted by molar-refractivity contribution is 5.65. The van der Waals surface area contributed by atoms with Crippen LogP contribution < -0.4 is 0 Å². The van der Waals surface area contributed by atoms with Gasteiger partial charge in [0.15, 0.2) is 0 Å². The predicted octanol–water partition coefficient (Wildman–Crippen LogP) is 3.46. The number of hydrogen-bond donors (Lipinski definition) is 1. The van der Waals surface area contributed by atoms with Gasteiger partial charge < -0.3 is 19.3 Å². The van der Waals surface area contributed by atoms with Gasteiger partial charge in [-0.05, 0) is 17.5 Å². The van der Waals surface area contributed by atoms with E-state index in [1.54, 1.807) is 32.4 Å². The van der Waals surface area contributed by atoms with E-state index in [0.717, 1.165) is 16.9 Å². The first-order valence-corrected chi connectivity index (χ1v) is 7.04. The van der Waals surface area contributed by atoms with Gasteiger partial charge in [0.2, 0.25) is 0 Å². The third-order valence-electron chi connectivity index (χ3n) is 3.17. The van der Waals surface area contributed by atoms with Crippen LogP contribution in [0.5, 0.6) is 5.75 Å². The van der Waals surface area contributed by atoms with Crippen molar-refractivity contribution in [3.8, 4) is 5.75 Å². The van der Waals surface area contributed by atoms with Crippen molar-refractivity contribution in [1.82, 2.24) is 0 Å². The Hall–Kier alpha value is -1.52. The molecule has 0 fully saturated rings. The van der Waals surface area contributed by atoms with E-state index in [4.69, 9.17) is 14.2 Å². The molecule has 4 nitrogen and oxygen atoms in total. The molecule has 0 unspecified atom stereocenters. The van der Waals surface area contributed by atoms with E-state index >= 15 is 0 Å². The largest absolute Gasteiger partial charge is 0.508 e. The molecule has 118 valence electrons. The molecule has 1 aromatic rings. The molecule has 1 rings (SSSR count). The smallest absolute Gasteiger partial charge is 0.128 e. The SMILES string of the molecule is COCCOC/C(=C(/OC)c1cccc(O)c1)C(C)(C)C. The van der Waals surface area contributed by atoms with Crippen LogP contribution in [0.4, 0.5) is 0 Å². The van der Waals surface area contributed by atoms with Crippen molar-refractivity contribution < 1.29 is 19.3 Å². The topological polar surface area (TPSA) is 47.9 Å². The predicted molar refractivity (Wildman–Crippen MR) is 84.2 cm³/mol. The van der Waals surface area contributed by atoms with E-state index in [-0.39, 0.29) is 11.2 Å². The Balaban J connectivity index is 3.10. The number of methoxy groups -OCH3 is 2. The second-order valence-corrected chi connectivity index (χ2v) is 5.86. The van der Waals surface area contributed by atoms with Gasteiger partial charge in [0.05, 0.1) is 26.9 Å². The summed E-state index contributed by atoms with van der Waals surface area (Å²) in [6.07, 6.45) is 0. The molecule has 0 atom stereocenters. The average molecular weight is 294 g/mol. The molecule has 1 aromatic carbocycles. The molecule has 0 aromatic heterocycles. The Morgan fingerprint density at radius 1 is 1.14 bits per heavy atom. The quantitative estimate of drug-likeness (QED) is 0.618. The summed E-state index contributed by atoms with van der Waals surface area (Å²) in [4.78, 5) is 0. The summed E-state index contributed by atoms with van der Waals surface area (Å²) in [6.45, 7) is 7.90. The maximum Gasteiger partial charge on any atom is 0.128 e. The van der Waals surface area contributed by atoms with Crippen LogP contribution in [-0.2, 0) is 14.2 Å². The number of phenols is 1. The summed E-state index contributed by atoms with van der Waals surface area (Å²) >= 11 is 0. The molecular formula is C17H26O4. The Bertz CT molecular complexity index is 472. The monoisotopic (exact) mass is 294 g/mol. The third kappa shape index (κ3) is 5.40. The Morgan fingerprint density at radius 3 is 2.38 bits per heavy atom. The van der Waals surface area contributed by atoms with Gasteiger partial charge in [-0.3, -0.25) is 0 Å². The fourth-order valence-electron chi connectivity index (χ4n) is 2.00. The minimum absolute atomic E-state index is 0.107. The van der Waals surface area contributed by atoms with E-state index in [2.05, 4.69) is 20.8 Å². The van der Waals surface area contributed by atoms with Gasteiger partial charge in [-0.15, -0.1) is 0 Å². The second-order valence-electron chi connectivity index (χ2n) is 5.86. The molecule has 0 saturated heterocycles. The molecule has 0 spiro atoms. The normalized spacial score (nSPS) is 13.0. The lowest BCUT2D eigenvalue weighted by Crippen LogP contribution is -2.18. The summed E-state index contributed by atoms with van der Waals surface area (Å²) in [6, 6.07) is 7.05. The maximum absolute atomic E-state index is 9.66. The second kappa shape index (κ2) is 8.05. The standard InChI is InChI=1S/C17H26O4/c1-17(2,3)15(12-21-10-9-19-4)16(20-5)13-7-6-8-14(18)11-13/h6-8,11,18H,9-10,12H2,1-5H3/b16-15-. The molecule has 0 radical (unpaired) electrons. The van der Waals surface area contributed by atoms with E-state index in [9.17, 15) is 5.11 Å². The Labute approximate surface area is 127 Å². The maximum atomic E-state index is 9.66. The van der Waals surface area contributed by atoms with Gasteiger partial charge in [0.1, 0.15) is 11.5 Å². The summed E-state index contributed by atoms with van der Waals surface area (Å²) < 4.78 is 16.3. The highest BCUT2D eigenvalue weighted by atomic mass is 16.5. The van der Waals surface area contributed by atoms with Crippen LogP contribution >= 0.6 is 0 Å². The van der Waals surface area contributed by atoms with Crippen molar-refractivity contribution in [2.45, 2.75) is 20.8 Å².